The fourth-order valence-electron chi connectivity index (χ4n) is 3.48. The summed E-state index contributed by atoms with van der Waals surface area (Å²) in [6.07, 6.45) is 0. The molecule has 0 unspecified atom stereocenters. The van der Waals surface area contributed by atoms with Gasteiger partial charge in [-0.25, -0.2) is 0 Å². The van der Waals surface area contributed by atoms with Gasteiger partial charge in [-0.05, 0) is 18.1 Å². The Morgan fingerprint density at radius 3 is 1.34 bits per heavy atom. The Balaban J connectivity index is 1.77. The Hall–Kier alpha value is -3.22. The quantitative estimate of drug-likeness (QED) is 0.343. The molecule has 0 aromatic heterocycles. The van der Waals surface area contributed by atoms with Crippen LogP contribution in [0.2, 0.25) is 0 Å². The molecule has 4 aromatic rings. The summed E-state index contributed by atoms with van der Waals surface area (Å²) < 4.78 is 14.3. The molecule has 0 heterocycles. The highest BCUT2D eigenvalue weighted by atomic mass is 31.2. The standard InChI is InChI=1S/C26H21O2P/c1-20(27)21-12-14-22(15-13-21)23-16-18-26(19-17-23)29(28,24-8-4-2-5-9-24)25-10-6-3-7-11-25/h2-19H,1H3. The summed E-state index contributed by atoms with van der Waals surface area (Å²) in [6, 6.07) is 34.8. The lowest BCUT2D eigenvalue weighted by atomic mass is 10.0. The number of Topliss-reactive ketones (excluding diaryl/α,β-unsaturated/α-hetero) is 1. The second-order valence-corrected chi connectivity index (χ2v) is 9.73. The van der Waals surface area contributed by atoms with E-state index >= 15 is 0 Å². The van der Waals surface area contributed by atoms with Gasteiger partial charge in [0.2, 0.25) is 0 Å². The molecule has 0 aliphatic carbocycles. The average Bonchev–Trinajstić information content (AvgIpc) is 2.80. The molecular weight excluding hydrogens is 375 g/mol. The van der Waals surface area contributed by atoms with Gasteiger partial charge in [-0.2, -0.15) is 0 Å². The van der Waals surface area contributed by atoms with Gasteiger partial charge in [0.25, 0.3) is 0 Å². The van der Waals surface area contributed by atoms with Crippen LogP contribution in [0.1, 0.15) is 17.3 Å². The van der Waals surface area contributed by atoms with Crippen LogP contribution in [0.25, 0.3) is 11.1 Å². The van der Waals surface area contributed by atoms with E-state index in [1.165, 1.54) is 0 Å². The van der Waals surface area contributed by atoms with Gasteiger partial charge in [-0.15, -0.1) is 0 Å². The topological polar surface area (TPSA) is 34.1 Å². The van der Waals surface area contributed by atoms with Crippen molar-refractivity contribution in [2.24, 2.45) is 0 Å². The number of ketones is 1. The first kappa shape index (κ1) is 19.1. The summed E-state index contributed by atoms with van der Waals surface area (Å²) in [5.41, 5.74) is 2.75. The molecular formula is C26H21O2P. The highest BCUT2D eigenvalue weighted by Gasteiger charge is 2.29. The van der Waals surface area contributed by atoms with Crippen LogP contribution in [0, 0.1) is 0 Å². The van der Waals surface area contributed by atoms with Crippen LogP contribution in [0.3, 0.4) is 0 Å². The molecule has 4 rings (SSSR count). The third kappa shape index (κ3) is 3.72. The molecule has 3 heteroatoms. The van der Waals surface area contributed by atoms with Crippen LogP contribution < -0.4 is 15.9 Å². The molecule has 0 saturated heterocycles. The maximum absolute atomic E-state index is 14.3. The van der Waals surface area contributed by atoms with Gasteiger partial charge in [-0.1, -0.05) is 109 Å². The van der Waals surface area contributed by atoms with Crippen molar-refractivity contribution in [3.8, 4) is 11.1 Å². The first-order valence-corrected chi connectivity index (χ1v) is 11.2. The van der Waals surface area contributed by atoms with Crippen molar-refractivity contribution in [3.05, 3.63) is 115 Å². The zero-order chi connectivity index (χ0) is 20.3. The highest BCUT2D eigenvalue weighted by molar-refractivity contribution is 7.85. The van der Waals surface area contributed by atoms with E-state index in [4.69, 9.17) is 0 Å². The molecule has 0 bridgehead atoms. The van der Waals surface area contributed by atoms with Crippen molar-refractivity contribution in [3.63, 3.8) is 0 Å². The maximum atomic E-state index is 14.3. The lowest BCUT2D eigenvalue weighted by Crippen LogP contribution is -2.24. The first-order chi connectivity index (χ1) is 14.1. The minimum atomic E-state index is -2.95. The van der Waals surface area contributed by atoms with Crippen molar-refractivity contribution < 1.29 is 9.36 Å². The third-order valence-corrected chi connectivity index (χ3v) is 8.17. The van der Waals surface area contributed by atoms with Crippen LogP contribution in [0.4, 0.5) is 0 Å². The van der Waals surface area contributed by atoms with E-state index in [0.717, 1.165) is 27.0 Å². The number of rotatable bonds is 5. The van der Waals surface area contributed by atoms with Crippen molar-refractivity contribution in [2.45, 2.75) is 6.92 Å². The predicted molar refractivity (Wildman–Crippen MR) is 121 cm³/mol. The summed E-state index contributed by atoms with van der Waals surface area (Å²) in [7, 11) is -2.95. The number of hydrogen-bond donors (Lipinski definition) is 0. The molecule has 29 heavy (non-hydrogen) atoms. The fraction of sp³-hybridized carbons (Fsp3) is 0.0385. The third-order valence-electron chi connectivity index (χ3n) is 5.10. The Labute approximate surface area is 171 Å². The normalized spacial score (nSPS) is 11.2. The Morgan fingerprint density at radius 1 is 0.552 bits per heavy atom. The molecule has 0 spiro atoms. The lowest BCUT2D eigenvalue weighted by Gasteiger charge is -2.20. The molecule has 0 saturated carbocycles. The summed E-state index contributed by atoms with van der Waals surface area (Å²) >= 11 is 0. The smallest absolute Gasteiger partial charge is 0.171 e. The van der Waals surface area contributed by atoms with E-state index in [1.54, 1.807) is 6.92 Å². The summed E-state index contributed by atoms with van der Waals surface area (Å²) in [6.45, 7) is 1.56. The number of carbonyl (C=O) groups excluding carboxylic acids is 1. The van der Waals surface area contributed by atoms with Crippen molar-refractivity contribution >= 4 is 28.8 Å². The summed E-state index contributed by atoms with van der Waals surface area (Å²) in [5, 5.41) is 2.45. The van der Waals surface area contributed by atoms with Crippen molar-refractivity contribution in [1.29, 1.82) is 0 Å². The molecule has 4 aromatic carbocycles. The Morgan fingerprint density at radius 2 is 0.931 bits per heavy atom. The predicted octanol–water partition coefficient (Wildman–Crippen LogP) is 5.20. The first-order valence-electron chi connectivity index (χ1n) is 9.52. The molecule has 142 valence electrons. The SMILES string of the molecule is CC(=O)c1ccc(-c2ccc(P(=O)(c3ccccc3)c3ccccc3)cc2)cc1. The van der Waals surface area contributed by atoms with Gasteiger partial charge in [0, 0.05) is 21.5 Å². The minimum Gasteiger partial charge on any atom is -0.309 e. The lowest BCUT2D eigenvalue weighted by molar-refractivity contribution is 0.101. The van der Waals surface area contributed by atoms with E-state index in [0.29, 0.717) is 5.56 Å². The summed E-state index contributed by atoms with van der Waals surface area (Å²) in [4.78, 5) is 11.5. The molecule has 0 aliphatic rings. The van der Waals surface area contributed by atoms with Crippen LogP contribution in [-0.2, 0) is 4.57 Å². The highest BCUT2D eigenvalue weighted by Crippen LogP contribution is 2.42. The zero-order valence-corrected chi connectivity index (χ0v) is 17.1. The molecule has 0 N–H and O–H groups in total. The number of hydrogen-bond acceptors (Lipinski definition) is 2. The van der Waals surface area contributed by atoms with E-state index in [1.807, 2.05) is 109 Å². The molecule has 0 aliphatic heterocycles. The van der Waals surface area contributed by atoms with Gasteiger partial charge in [0.05, 0.1) is 0 Å². The fourth-order valence-corrected chi connectivity index (χ4v) is 6.13. The number of benzene rings is 4. The molecule has 2 nitrogen and oxygen atoms in total. The molecule has 0 atom stereocenters. The van der Waals surface area contributed by atoms with Gasteiger partial charge in [-0.3, -0.25) is 4.79 Å². The van der Waals surface area contributed by atoms with Crippen molar-refractivity contribution in [1.82, 2.24) is 0 Å². The molecule has 0 amide bonds. The minimum absolute atomic E-state index is 0.0542. The van der Waals surface area contributed by atoms with E-state index in [-0.39, 0.29) is 5.78 Å². The second kappa shape index (κ2) is 8.03. The average molecular weight is 396 g/mol. The monoisotopic (exact) mass is 396 g/mol. The van der Waals surface area contributed by atoms with Crippen LogP contribution in [0.5, 0.6) is 0 Å². The molecule has 0 radical (unpaired) electrons. The molecule has 0 fully saturated rings. The Kier molecular flexibility index (Phi) is 5.29. The van der Waals surface area contributed by atoms with Gasteiger partial charge in [0.1, 0.15) is 0 Å². The van der Waals surface area contributed by atoms with Crippen molar-refractivity contribution in [2.75, 3.05) is 0 Å². The van der Waals surface area contributed by atoms with Gasteiger partial charge in [0.15, 0.2) is 12.9 Å². The maximum Gasteiger partial charge on any atom is 0.171 e. The van der Waals surface area contributed by atoms with E-state index in [2.05, 4.69) is 0 Å². The number of carbonyl (C=O) groups is 1. The Bertz CT molecular complexity index is 1120. The van der Waals surface area contributed by atoms with E-state index < -0.39 is 7.14 Å². The van der Waals surface area contributed by atoms with Gasteiger partial charge < -0.3 is 4.57 Å². The van der Waals surface area contributed by atoms with Crippen LogP contribution in [-0.4, -0.2) is 5.78 Å². The van der Waals surface area contributed by atoms with Gasteiger partial charge >= 0.3 is 0 Å². The van der Waals surface area contributed by atoms with Crippen LogP contribution in [0.15, 0.2) is 109 Å². The second-order valence-electron chi connectivity index (χ2n) is 6.96. The van der Waals surface area contributed by atoms with Crippen LogP contribution >= 0.6 is 7.14 Å². The summed E-state index contributed by atoms with van der Waals surface area (Å²) in [5.74, 6) is 0.0542. The zero-order valence-electron chi connectivity index (χ0n) is 16.2. The van der Waals surface area contributed by atoms with E-state index in [9.17, 15) is 9.36 Å². The largest absolute Gasteiger partial charge is 0.309 e.